The van der Waals surface area contributed by atoms with Gasteiger partial charge in [0.05, 0.1) is 11.3 Å². The molecule has 1 N–H and O–H groups in total. The monoisotopic (exact) mass is 435 g/mol. The summed E-state index contributed by atoms with van der Waals surface area (Å²) in [6.45, 7) is 2.51. The molecule has 0 aliphatic heterocycles. The molecule has 0 spiro atoms. The van der Waals surface area contributed by atoms with Gasteiger partial charge in [-0.1, -0.05) is 50.1 Å². The molecule has 0 radical (unpaired) electrons. The Morgan fingerprint density at radius 3 is 2.39 bits per heavy atom. The van der Waals surface area contributed by atoms with Gasteiger partial charge in [0.2, 0.25) is 5.43 Å². The van der Waals surface area contributed by atoms with Crippen molar-refractivity contribution >= 4 is 49.4 Å². The fraction of sp³-hybridized carbons (Fsp3) is 0.111. The second-order valence-electron chi connectivity index (χ2n) is 4.80. The molecule has 0 saturated carbocycles. The van der Waals surface area contributed by atoms with E-state index in [0.29, 0.717) is 16.7 Å². The van der Waals surface area contributed by atoms with Crippen LogP contribution in [0.4, 0.5) is 5.69 Å². The third kappa shape index (κ3) is 4.88. The highest BCUT2D eigenvalue weighted by molar-refractivity contribution is 9.10. The summed E-state index contributed by atoms with van der Waals surface area (Å²) >= 11 is 6.70. The number of carbonyl (C=O) groups excluding carboxylic acids is 1. The molecular weight excluding hydrogens is 422 g/mol. The molecule has 0 amide bonds. The van der Waals surface area contributed by atoms with Crippen LogP contribution in [0.5, 0.6) is 0 Å². The number of rotatable bonds is 5. The molecule has 0 saturated heterocycles. The fourth-order valence-electron chi connectivity index (χ4n) is 1.98. The van der Waals surface area contributed by atoms with E-state index in [4.69, 9.17) is 0 Å². The van der Waals surface area contributed by atoms with E-state index >= 15 is 0 Å². The smallest absolute Gasteiger partial charge is 0.212 e. The van der Waals surface area contributed by atoms with Crippen molar-refractivity contribution in [2.24, 2.45) is 0 Å². The van der Waals surface area contributed by atoms with Gasteiger partial charge in [0.1, 0.15) is 0 Å². The largest absolute Gasteiger partial charge is 0.382 e. The molecule has 2 aromatic carbocycles. The van der Waals surface area contributed by atoms with Crippen molar-refractivity contribution in [3.63, 3.8) is 0 Å². The average Bonchev–Trinajstić information content (AvgIpc) is 2.68. The maximum absolute atomic E-state index is 12.5. The van der Waals surface area contributed by atoms with Crippen LogP contribution >= 0.6 is 31.9 Å². The maximum atomic E-state index is 12.5. The van der Waals surface area contributed by atoms with Crippen molar-refractivity contribution < 1.29 is 4.79 Å². The van der Waals surface area contributed by atoms with Crippen molar-refractivity contribution in [2.75, 3.05) is 11.9 Å². The highest BCUT2D eigenvalue weighted by Gasteiger charge is 2.10. The van der Waals surface area contributed by atoms with E-state index in [0.717, 1.165) is 10.0 Å². The maximum Gasteiger partial charge on any atom is 0.212 e. The summed E-state index contributed by atoms with van der Waals surface area (Å²) in [6.07, 6.45) is 3.12. The highest BCUT2D eigenvalue weighted by atomic mass is 79.9. The lowest BCUT2D eigenvalue weighted by Gasteiger charge is -1.99. The number of allylic oxidation sites excluding steroid dienone is 1. The molecule has 0 aromatic heterocycles. The summed E-state index contributed by atoms with van der Waals surface area (Å²) in [7, 11) is 0. The van der Waals surface area contributed by atoms with Crippen molar-refractivity contribution in [2.45, 2.75) is 6.92 Å². The van der Waals surface area contributed by atoms with Gasteiger partial charge in [-0.3, -0.25) is 9.59 Å². The standard InChI is InChI=1S/C18H15Br2NO2/c1-2-21-16-9-8-14(20)11-15(18(16)23)17(22)10-5-12-3-6-13(19)7-4-12/h3-11H,2H2,1H3,(H,21,23)/b10-5-. The number of hydrogen-bond donors (Lipinski definition) is 1. The Labute approximate surface area is 151 Å². The Morgan fingerprint density at radius 2 is 1.74 bits per heavy atom. The van der Waals surface area contributed by atoms with E-state index in [1.54, 1.807) is 24.3 Å². The van der Waals surface area contributed by atoms with E-state index in [1.807, 2.05) is 31.2 Å². The quantitative estimate of drug-likeness (QED) is 0.535. The van der Waals surface area contributed by atoms with Crippen LogP contribution in [0.3, 0.4) is 0 Å². The number of halogens is 2. The van der Waals surface area contributed by atoms with Gasteiger partial charge in [-0.2, -0.15) is 0 Å². The van der Waals surface area contributed by atoms with E-state index < -0.39 is 0 Å². The predicted molar refractivity (Wildman–Crippen MR) is 102 cm³/mol. The molecule has 0 heterocycles. The molecular formula is C18H15Br2NO2. The van der Waals surface area contributed by atoms with Crippen LogP contribution in [0, 0.1) is 0 Å². The van der Waals surface area contributed by atoms with Crippen molar-refractivity contribution in [1.29, 1.82) is 0 Å². The van der Waals surface area contributed by atoms with E-state index in [1.165, 1.54) is 6.08 Å². The first-order valence-electron chi connectivity index (χ1n) is 7.07. The molecule has 5 heteroatoms. The molecule has 0 atom stereocenters. The first-order chi connectivity index (χ1) is 11.0. The SMILES string of the molecule is CCNc1ccc(Br)cc(C(=O)/C=C\c2ccc(Br)cc2)c1=O. The van der Waals surface area contributed by atoms with Crippen LogP contribution in [-0.2, 0) is 0 Å². The topological polar surface area (TPSA) is 46.2 Å². The molecule has 0 unspecified atom stereocenters. The second-order valence-corrected chi connectivity index (χ2v) is 6.63. The Bertz CT molecular complexity index is 799. The zero-order chi connectivity index (χ0) is 16.8. The minimum absolute atomic E-state index is 0.131. The first-order valence-corrected chi connectivity index (χ1v) is 8.65. The summed E-state index contributed by atoms with van der Waals surface area (Å²) in [5.41, 5.74) is 1.13. The molecule has 0 aliphatic carbocycles. The summed E-state index contributed by atoms with van der Waals surface area (Å²) in [5.74, 6) is -0.325. The Hall–Kier alpha value is -1.72. The number of carbonyl (C=O) groups is 1. The lowest BCUT2D eigenvalue weighted by molar-refractivity contribution is 0.104. The van der Waals surface area contributed by atoms with Gasteiger partial charge in [-0.25, -0.2) is 0 Å². The van der Waals surface area contributed by atoms with Crippen LogP contribution in [0.2, 0.25) is 0 Å². The number of benzene rings is 1. The summed E-state index contributed by atoms with van der Waals surface area (Å²) in [5, 5.41) is 2.98. The van der Waals surface area contributed by atoms with Crippen molar-refractivity contribution in [1.82, 2.24) is 0 Å². The zero-order valence-electron chi connectivity index (χ0n) is 12.5. The molecule has 118 valence electrons. The van der Waals surface area contributed by atoms with Crippen LogP contribution in [0.1, 0.15) is 22.8 Å². The summed E-state index contributed by atoms with van der Waals surface area (Å²) in [6, 6.07) is 12.5. The number of nitrogens with one attached hydrogen (secondary N) is 1. The van der Waals surface area contributed by atoms with Crippen LogP contribution < -0.4 is 10.7 Å². The molecule has 2 aromatic rings. The summed E-state index contributed by atoms with van der Waals surface area (Å²) in [4.78, 5) is 24.9. The second kappa shape index (κ2) is 8.22. The van der Waals surface area contributed by atoms with Gasteiger partial charge in [-0.05, 0) is 48.9 Å². The number of hydrogen-bond acceptors (Lipinski definition) is 3. The Kier molecular flexibility index (Phi) is 6.30. The van der Waals surface area contributed by atoms with Gasteiger partial charge in [0.25, 0.3) is 0 Å². The third-order valence-electron chi connectivity index (χ3n) is 3.11. The van der Waals surface area contributed by atoms with Gasteiger partial charge in [-0.15, -0.1) is 0 Å². The molecule has 0 bridgehead atoms. The van der Waals surface area contributed by atoms with Gasteiger partial charge in [0.15, 0.2) is 5.78 Å². The van der Waals surface area contributed by atoms with Crippen LogP contribution in [0.25, 0.3) is 6.08 Å². The lowest BCUT2D eigenvalue weighted by atomic mass is 10.1. The molecule has 0 fully saturated rings. The van der Waals surface area contributed by atoms with E-state index in [9.17, 15) is 9.59 Å². The lowest BCUT2D eigenvalue weighted by Crippen LogP contribution is -2.15. The van der Waals surface area contributed by atoms with Gasteiger partial charge >= 0.3 is 0 Å². The average molecular weight is 437 g/mol. The highest BCUT2D eigenvalue weighted by Crippen LogP contribution is 2.14. The van der Waals surface area contributed by atoms with Crippen molar-refractivity contribution in [3.8, 4) is 0 Å². The minimum atomic E-state index is -0.325. The normalized spacial score (nSPS) is 10.7. The minimum Gasteiger partial charge on any atom is -0.382 e. The van der Waals surface area contributed by atoms with Gasteiger partial charge < -0.3 is 5.32 Å². The van der Waals surface area contributed by atoms with Gasteiger partial charge in [0, 0.05) is 15.5 Å². The van der Waals surface area contributed by atoms with E-state index in [2.05, 4.69) is 37.2 Å². The van der Waals surface area contributed by atoms with E-state index in [-0.39, 0.29) is 16.8 Å². The number of anilines is 1. The Morgan fingerprint density at radius 1 is 1.09 bits per heavy atom. The number of ketones is 1. The molecule has 0 aliphatic rings. The zero-order valence-corrected chi connectivity index (χ0v) is 15.6. The predicted octanol–water partition coefficient (Wildman–Crippen LogP) is 4.90. The first kappa shape index (κ1) is 17.6. The van der Waals surface area contributed by atoms with Crippen LogP contribution in [-0.4, -0.2) is 12.3 Å². The molecule has 3 nitrogen and oxygen atoms in total. The molecule has 2 rings (SSSR count). The fourth-order valence-corrected chi connectivity index (χ4v) is 2.61. The molecule has 23 heavy (non-hydrogen) atoms. The van der Waals surface area contributed by atoms with Crippen LogP contribution in [0.15, 0.2) is 62.3 Å². The van der Waals surface area contributed by atoms with Crippen molar-refractivity contribution in [3.05, 3.63) is 78.8 Å². The Balaban J connectivity index is 2.37. The third-order valence-corrected chi connectivity index (χ3v) is 4.13. The summed E-state index contributed by atoms with van der Waals surface area (Å²) < 4.78 is 1.65.